The molecule has 0 radical (unpaired) electrons. The Bertz CT molecular complexity index is 778. The van der Waals surface area contributed by atoms with E-state index in [0.717, 1.165) is 63.3 Å². The van der Waals surface area contributed by atoms with E-state index < -0.39 is 0 Å². The van der Waals surface area contributed by atoms with Crippen molar-refractivity contribution in [3.05, 3.63) is 47.3 Å². The molecule has 1 aliphatic heterocycles. The number of ether oxygens (including phenoxy) is 1. The van der Waals surface area contributed by atoms with Gasteiger partial charge in [0.2, 0.25) is 0 Å². The van der Waals surface area contributed by atoms with Gasteiger partial charge in [-0.3, -0.25) is 14.6 Å². The molecule has 2 aromatic rings. The molecule has 0 spiro atoms. The van der Waals surface area contributed by atoms with Crippen LogP contribution in [-0.2, 0) is 13.6 Å². The fourth-order valence-corrected chi connectivity index (χ4v) is 3.57. The first-order valence-electron chi connectivity index (χ1n) is 9.93. The molecule has 1 aromatic heterocycles. The first-order valence-corrected chi connectivity index (χ1v) is 9.93. The average Bonchev–Trinajstić information content (AvgIpc) is 2.96. The van der Waals surface area contributed by atoms with Gasteiger partial charge >= 0.3 is 0 Å². The Kier molecular flexibility index (Phi) is 6.92. The molecule has 7 heteroatoms. The Morgan fingerprint density at radius 3 is 2.46 bits per heavy atom. The summed E-state index contributed by atoms with van der Waals surface area (Å²) in [6, 6.07) is 10.0. The molecule has 0 bridgehead atoms. The van der Waals surface area contributed by atoms with E-state index in [1.165, 1.54) is 11.3 Å². The number of guanidine groups is 1. The maximum atomic E-state index is 5.82. The Labute approximate surface area is 168 Å². The van der Waals surface area contributed by atoms with E-state index in [-0.39, 0.29) is 0 Å². The molecule has 0 saturated carbocycles. The van der Waals surface area contributed by atoms with E-state index in [1.54, 1.807) is 0 Å². The second-order valence-electron chi connectivity index (χ2n) is 7.16. The van der Waals surface area contributed by atoms with Crippen LogP contribution in [-0.4, -0.2) is 71.9 Å². The highest BCUT2D eigenvalue weighted by Crippen LogP contribution is 2.12. The normalized spacial score (nSPS) is 15.7. The Morgan fingerprint density at radius 2 is 1.86 bits per heavy atom. The molecule has 3 rings (SSSR count). The summed E-state index contributed by atoms with van der Waals surface area (Å²) in [5.41, 5.74) is 3.52. The number of aliphatic imine (C=N–C) groups is 1. The lowest BCUT2D eigenvalue weighted by Gasteiger charge is -2.36. The zero-order valence-corrected chi connectivity index (χ0v) is 17.5. The molecule has 1 aliphatic rings. The first kappa shape index (κ1) is 20.2. The van der Waals surface area contributed by atoms with Crippen LogP contribution in [0.5, 0.6) is 5.75 Å². The monoisotopic (exact) mass is 384 g/mol. The van der Waals surface area contributed by atoms with Crippen LogP contribution in [0.2, 0.25) is 0 Å². The average molecular weight is 385 g/mol. The van der Waals surface area contributed by atoms with Gasteiger partial charge in [-0.2, -0.15) is 5.10 Å². The van der Waals surface area contributed by atoms with Crippen molar-refractivity contribution >= 4 is 5.96 Å². The van der Waals surface area contributed by atoms with Gasteiger partial charge in [-0.25, -0.2) is 0 Å². The second-order valence-corrected chi connectivity index (χ2v) is 7.16. The quantitative estimate of drug-likeness (QED) is 0.608. The van der Waals surface area contributed by atoms with Gasteiger partial charge in [-0.15, -0.1) is 0 Å². The minimum Gasteiger partial charge on any atom is -0.492 e. The lowest BCUT2D eigenvalue weighted by Crippen LogP contribution is -2.52. The van der Waals surface area contributed by atoms with Crippen molar-refractivity contribution in [2.45, 2.75) is 20.4 Å². The highest BCUT2D eigenvalue weighted by Gasteiger charge is 2.20. The number of nitrogens with one attached hydrogen (secondary N) is 1. The molecule has 7 nitrogen and oxygen atoms in total. The molecule has 0 amide bonds. The van der Waals surface area contributed by atoms with Crippen LogP contribution in [0, 0.1) is 13.8 Å². The lowest BCUT2D eigenvalue weighted by molar-refractivity contribution is 0.152. The molecule has 0 aliphatic carbocycles. The van der Waals surface area contributed by atoms with Gasteiger partial charge in [0.05, 0.1) is 5.69 Å². The van der Waals surface area contributed by atoms with Crippen LogP contribution in [0.1, 0.15) is 17.0 Å². The van der Waals surface area contributed by atoms with Crippen molar-refractivity contribution in [3.8, 4) is 5.75 Å². The summed E-state index contributed by atoms with van der Waals surface area (Å²) in [6.45, 7) is 10.6. The summed E-state index contributed by atoms with van der Waals surface area (Å²) in [5.74, 6) is 1.90. The van der Waals surface area contributed by atoms with E-state index in [0.29, 0.717) is 0 Å². The molecular formula is C21H32N6O. The van der Waals surface area contributed by atoms with Gasteiger partial charge in [0.15, 0.2) is 5.96 Å². The number of aromatic nitrogens is 2. The molecule has 1 saturated heterocycles. The van der Waals surface area contributed by atoms with Crippen LogP contribution in [0.4, 0.5) is 0 Å². The van der Waals surface area contributed by atoms with Gasteiger partial charge in [0.1, 0.15) is 12.4 Å². The van der Waals surface area contributed by atoms with E-state index in [2.05, 4.69) is 39.1 Å². The standard InChI is InChI=1S/C21H32N6O/c1-17-20(18(2)25(4)24-17)16-23-21(22-3)27-12-10-26(11-13-27)14-15-28-19-8-6-5-7-9-19/h5-9H,10-16H2,1-4H3,(H,22,23). The van der Waals surface area contributed by atoms with Gasteiger partial charge in [0.25, 0.3) is 0 Å². The molecule has 28 heavy (non-hydrogen) atoms. The maximum absolute atomic E-state index is 5.82. The summed E-state index contributed by atoms with van der Waals surface area (Å²) < 4.78 is 7.75. The second kappa shape index (κ2) is 9.59. The smallest absolute Gasteiger partial charge is 0.194 e. The molecule has 1 N–H and O–H groups in total. The van der Waals surface area contributed by atoms with Gasteiger partial charge < -0.3 is 15.0 Å². The fraction of sp³-hybridized carbons (Fsp3) is 0.524. The van der Waals surface area contributed by atoms with E-state index in [1.807, 2.05) is 49.1 Å². The Hall–Kier alpha value is -2.54. The molecule has 2 heterocycles. The van der Waals surface area contributed by atoms with Crippen molar-refractivity contribution in [3.63, 3.8) is 0 Å². The van der Waals surface area contributed by atoms with Crippen LogP contribution in [0.3, 0.4) is 0 Å². The number of piperazine rings is 1. The topological polar surface area (TPSA) is 57.9 Å². The highest BCUT2D eigenvalue weighted by molar-refractivity contribution is 5.80. The zero-order valence-electron chi connectivity index (χ0n) is 17.5. The van der Waals surface area contributed by atoms with Crippen LogP contribution < -0.4 is 10.1 Å². The number of hydrogen-bond acceptors (Lipinski definition) is 4. The van der Waals surface area contributed by atoms with Crippen molar-refractivity contribution < 1.29 is 4.74 Å². The number of benzene rings is 1. The third-order valence-electron chi connectivity index (χ3n) is 5.39. The van der Waals surface area contributed by atoms with E-state index in [4.69, 9.17) is 4.74 Å². The number of rotatable bonds is 6. The summed E-state index contributed by atoms with van der Waals surface area (Å²) in [4.78, 5) is 9.26. The Morgan fingerprint density at radius 1 is 1.14 bits per heavy atom. The maximum Gasteiger partial charge on any atom is 0.194 e. The van der Waals surface area contributed by atoms with Gasteiger partial charge in [-0.1, -0.05) is 18.2 Å². The van der Waals surface area contributed by atoms with Crippen molar-refractivity contribution in [2.75, 3.05) is 46.4 Å². The fourth-order valence-electron chi connectivity index (χ4n) is 3.57. The minimum absolute atomic E-state index is 0.719. The van der Waals surface area contributed by atoms with Crippen molar-refractivity contribution in [2.24, 2.45) is 12.0 Å². The van der Waals surface area contributed by atoms with Crippen LogP contribution in [0.15, 0.2) is 35.3 Å². The predicted molar refractivity (Wildman–Crippen MR) is 113 cm³/mol. The van der Waals surface area contributed by atoms with E-state index in [9.17, 15) is 0 Å². The number of nitrogens with zero attached hydrogens (tertiary/aromatic N) is 5. The van der Waals surface area contributed by atoms with Gasteiger partial charge in [-0.05, 0) is 26.0 Å². The zero-order chi connectivity index (χ0) is 19.9. The van der Waals surface area contributed by atoms with E-state index >= 15 is 0 Å². The third kappa shape index (κ3) is 5.04. The summed E-state index contributed by atoms with van der Waals surface area (Å²) in [6.07, 6.45) is 0. The van der Waals surface area contributed by atoms with Gasteiger partial charge in [0, 0.05) is 64.6 Å². The Balaban J connectivity index is 1.42. The number of hydrogen-bond donors (Lipinski definition) is 1. The molecule has 0 unspecified atom stereocenters. The van der Waals surface area contributed by atoms with Crippen molar-refractivity contribution in [1.82, 2.24) is 24.9 Å². The molecule has 0 atom stereocenters. The minimum atomic E-state index is 0.719. The third-order valence-corrected chi connectivity index (χ3v) is 5.39. The molecule has 1 aromatic carbocycles. The summed E-state index contributed by atoms with van der Waals surface area (Å²) in [7, 11) is 3.84. The summed E-state index contributed by atoms with van der Waals surface area (Å²) in [5, 5.41) is 8.00. The van der Waals surface area contributed by atoms with Crippen molar-refractivity contribution in [1.29, 1.82) is 0 Å². The predicted octanol–water partition coefficient (Wildman–Crippen LogP) is 1.81. The molecule has 152 valence electrons. The highest BCUT2D eigenvalue weighted by atomic mass is 16.5. The number of aryl methyl sites for hydroxylation is 2. The summed E-state index contributed by atoms with van der Waals surface area (Å²) >= 11 is 0. The molecule has 1 fully saturated rings. The van der Waals surface area contributed by atoms with Crippen LogP contribution in [0.25, 0.3) is 0 Å². The number of para-hydroxylation sites is 1. The molecular weight excluding hydrogens is 352 g/mol. The largest absolute Gasteiger partial charge is 0.492 e. The first-order chi connectivity index (χ1) is 13.6. The van der Waals surface area contributed by atoms with Crippen LogP contribution >= 0.6 is 0 Å². The SMILES string of the molecule is CN=C(NCc1c(C)nn(C)c1C)N1CCN(CCOc2ccccc2)CC1. The lowest BCUT2D eigenvalue weighted by atomic mass is 10.2.